The first-order valence-electron chi connectivity index (χ1n) is 33.6. The molecule has 0 saturated carbocycles. The Balaban J connectivity index is 1.66. The molecule has 0 aromatic heterocycles. The lowest BCUT2D eigenvalue weighted by Gasteiger charge is -2.46. The van der Waals surface area contributed by atoms with Gasteiger partial charge in [-0.1, -0.05) is 269 Å². The SMILES string of the molecule is CCCCCC/C=C\C/C=C\CCCCCCCC(=O)NC(COC1OC(CO)C(OC2OC(CO)C(O)C(O)C2O)C(O)C1O)C(O)CCCCCCCCCCCCCCCCCCCCCCCCCCCCCCCC. The monoisotopic (exact) mass is 1140 g/mol. The number of ether oxygens (including phenoxy) is 4. The van der Waals surface area contributed by atoms with Gasteiger partial charge >= 0.3 is 0 Å². The van der Waals surface area contributed by atoms with E-state index in [2.05, 4.69) is 43.5 Å². The van der Waals surface area contributed by atoms with Crippen LogP contribution in [0.15, 0.2) is 24.3 Å². The van der Waals surface area contributed by atoms with Gasteiger partial charge in [-0.2, -0.15) is 0 Å². The number of allylic oxidation sites excluding steroid dienone is 4. The van der Waals surface area contributed by atoms with Gasteiger partial charge in [0, 0.05) is 6.42 Å². The number of aliphatic hydroxyl groups is 8. The van der Waals surface area contributed by atoms with E-state index in [0.717, 1.165) is 70.6 Å². The fraction of sp³-hybridized carbons (Fsp3) is 0.924. The van der Waals surface area contributed by atoms with E-state index in [0.29, 0.717) is 19.3 Å². The van der Waals surface area contributed by atoms with E-state index in [-0.39, 0.29) is 12.5 Å². The van der Waals surface area contributed by atoms with Gasteiger partial charge in [-0.25, -0.2) is 0 Å². The number of carbonyl (C=O) groups is 1. The molecule has 14 heteroatoms. The molecule has 0 spiro atoms. The number of aliphatic hydroxyl groups excluding tert-OH is 8. The highest BCUT2D eigenvalue weighted by Crippen LogP contribution is 2.30. The van der Waals surface area contributed by atoms with Crippen molar-refractivity contribution in [1.82, 2.24) is 5.32 Å². The Labute approximate surface area is 488 Å². The highest BCUT2D eigenvalue weighted by atomic mass is 16.7. The summed E-state index contributed by atoms with van der Waals surface area (Å²) in [7, 11) is 0. The molecule has 2 aliphatic heterocycles. The number of nitrogens with one attached hydrogen (secondary N) is 1. The first kappa shape index (κ1) is 74.6. The molecule has 0 radical (unpaired) electrons. The number of hydrogen-bond donors (Lipinski definition) is 9. The zero-order valence-electron chi connectivity index (χ0n) is 51.1. The number of rotatable bonds is 55. The first-order valence-corrected chi connectivity index (χ1v) is 33.6. The van der Waals surface area contributed by atoms with Gasteiger partial charge < -0.3 is 65.1 Å². The van der Waals surface area contributed by atoms with Crippen molar-refractivity contribution in [3.05, 3.63) is 24.3 Å². The quantitative estimate of drug-likeness (QED) is 0.0204. The Kier molecular flexibility index (Phi) is 48.3. The maximum Gasteiger partial charge on any atom is 0.220 e. The van der Waals surface area contributed by atoms with Crippen molar-refractivity contribution in [2.24, 2.45) is 0 Å². The lowest BCUT2D eigenvalue weighted by Crippen LogP contribution is -2.65. The second-order valence-electron chi connectivity index (χ2n) is 24.0. The Morgan fingerprint density at radius 1 is 0.450 bits per heavy atom. The normalized spacial score (nSPS) is 24.3. The maximum absolute atomic E-state index is 13.3. The molecule has 2 saturated heterocycles. The topological polar surface area (TPSA) is 228 Å². The summed E-state index contributed by atoms with van der Waals surface area (Å²) in [6, 6.07) is -0.836. The molecular weight excluding hydrogens is 1010 g/mol. The van der Waals surface area contributed by atoms with Crippen molar-refractivity contribution in [2.45, 2.75) is 370 Å². The fourth-order valence-corrected chi connectivity index (χ4v) is 11.3. The minimum absolute atomic E-state index is 0.217. The second-order valence-corrected chi connectivity index (χ2v) is 24.0. The molecule has 0 bridgehead atoms. The summed E-state index contributed by atoms with van der Waals surface area (Å²) in [6.07, 6.45) is 46.3. The van der Waals surface area contributed by atoms with Gasteiger partial charge in [-0.05, 0) is 44.9 Å². The summed E-state index contributed by atoms with van der Waals surface area (Å²) < 4.78 is 22.9. The van der Waals surface area contributed by atoms with E-state index in [4.69, 9.17) is 18.9 Å². The second kappa shape index (κ2) is 51.9. The minimum atomic E-state index is -1.78. The molecular formula is C66H125NO13. The van der Waals surface area contributed by atoms with Crippen molar-refractivity contribution in [3.8, 4) is 0 Å². The Morgan fingerprint density at radius 3 is 1.26 bits per heavy atom. The Hall–Kier alpha value is -1.53. The van der Waals surface area contributed by atoms with Gasteiger partial charge in [-0.15, -0.1) is 0 Å². The smallest absolute Gasteiger partial charge is 0.220 e. The molecule has 14 nitrogen and oxygen atoms in total. The average molecular weight is 1140 g/mol. The zero-order valence-corrected chi connectivity index (χ0v) is 51.1. The summed E-state index contributed by atoms with van der Waals surface area (Å²) in [5.74, 6) is -0.217. The third-order valence-electron chi connectivity index (χ3n) is 16.7. The molecule has 12 atom stereocenters. The van der Waals surface area contributed by atoms with Crippen LogP contribution < -0.4 is 5.32 Å². The van der Waals surface area contributed by atoms with Gasteiger partial charge in [0.15, 0.2) is 12.6 Å². The lowest BCUT2D eigenvalue weighted by atomic mass is 9.97. The van der Waals surface area contributed by atoms with Crippen LogP contribution >= 0.6 is 0 Å². The van der Waals surface area contributed by atoms with Crippen LogP contribution in [0.4, 0.5) is 0 Å². The number of hydrogen-bond acceptors (Lipinski definition) is 13. The molecule has 2 heterocycles. The summed E-state index contributed by atoms with van der Waals surface area (Å²) >= 11 is 0. The van der Waals surface area contributed by atoms with Crippen LogP contribution in [0.2, 0.25) is 0 Å². The Bertz CT molecular complexity index is 1440. The Morgan fingerprint density at radius 2 is 0.825 bits per heavy atom. The van der Waals surface area contributed by atoms with E-state index < -0.39 is 86.8 Å². The molecule has 472 valence electrons. The third-order valence-corrected chi connectivity index (χ3v) is 16.7. The van der Waals surface area contributed by atoms with Gasteiger partial charge in [0.1, 0.15) is 48.8 Å². The van der Waals surface area contributed by atoms with Crippen molar-refractivity contribution in [1.29, 1.82) is 0 Å². The van der Waals surface area contributed by atoms with E-state index in [9.17, 15) is 45.6 Å². The summed E-state index contributed by atoms with van der Waals surface area (Å²) in [5, 5.41) is 87.4. The van der Waals surface area contributed by atoms with Crippen molar-refractivity contribution >= 4 is 5.91 Å². The van der Waals surface area contributed by atoms with Crippen molar-refractivity contribution < 1.29 is 64.6 Å². The van der Waals surface area contributed by atoms with Crippen LogP contribution in [0, 0.1) is 0 Å². The lowest BCUT2D eigenvalue weighted by molar-refractivity contribution is -0.359. The van der Waals surface area contributed by atoms with Crippen LogP contribution in [0.3, 0.4) is 0 Å². The summed E-state index contributed by atoms with van der Waals surface area (Å²) in [5.41, 5.74) is 0. The minimum Gasteiger partial charge on any atom is -0.394 e. The molecule has 1 amide bonds. The molecule has 0 aromatic carbocycles. The predicted octanol–water partition coefficient (Wildman–Crippen LogP) is 12.8. The van der Waals surface area contributed by atoms with Crippen LogP contribution in [0.5, 0.6) is 0 Å². The molecule has 0 aliphatic carbocycles. The third kappa shape index (κ3) is 36.3. The largest absolute Gasteiger partial charge is 0.394 e. The van der Waals surface area contributed by atoms with Crippen LogP contribution in [-0.2, 0) is 23.7 Å². The van der Waals surface area contributed by atoms with E-state index in [1.54, 1.807) is 0 Å². The number of unbranched alkanes of at least 4 members (excludes halogenated alkanes) is 38. The van der Waals surface area contributed by atoms with Gasteiger partial charge in [-0.3, -0.25) is 4.79 Å². The first-order chi connectivity index (χ1) is 39.1. The molecule has 80 heavy (non-hydrogen) atoms. The molecule has 0 aromatic rings. The molecule has 2 fully saturated rings. The molecule has 2 rings (SSSR count). The van der Waals surface area contributed by atoms with E-state index in [1.807, 2.05) is 0 Å². The highest BCUT2D eigenvalue weighted by Gasteiger charge is 2.51. The standard InChI is InChI=1S/C66H125NO13/c1-3-5-7-9-11-13-15-17-19-21-22-23-24-25-26-27-28-29-30-31-32-33-34-35-37-39-41-43-45-47-49-55(70)54(67-58(71)50-48-46-44-42-40-38-36-20-18-16-14-12-10-8-6-4-2)53-77-65-63(76)61(74)64(57(52-69)79-65)80-66-62(75)60(73)59(72)56(51-68)78-66/h14,16,20,36,54-57,59-66,68-70,72-76H,3-13,15,17-19,21-35,37-53H2,1-2H3,(H,67,71)/b16-14-,36-20-. The van der Waals surface area contributed by atoms with E-state index in [1.165, 1.54) is 193 Å². The molecule has 2 aliphatic rings. The van der Waals surface area contributed by atoms with Crippen molar-refractivity contribution in [2.75, 3.05) is 19.8 Å². The van der Waals surface area contributed by atoms with Crippen LogP contribution in [0.25, 0.3) is 0 Å². The zero-order chi connectivity index (χ0) is 58.1. The summed E-state index contributed by atoms with van der Waals surface area (Å²) in [6.45, 7) is 2.87. The number of amides is 1. The van der Waals surface area contributed by atoms with Gasteiger partial charge in [0.05, 0.1) is 32.0 Å². The van der Waals surface area contributed by atoms with Crippen molar-refractivity contribution in [3.63, 3.8) is 0 Å². The fourth-order valence-electron chi connectivity index (χ4n) is 11.3. The molecule has 12 unspecified atom stereocenters. The average Bonchev–Trinajstić information content (AvgIpc) is 3.46. The van der Waals surface area contributed by atoms with Crippen LogP contribution in [-0.4, -0.2) is 140 Å². The predicted molar refractivity (Wildman–Crippen MR) is 323 cm³/mol. The van der Waals surface area contributed by atoms with E-state index >= 15 is 0 Å². The van der Waals surface area contributed by atoms with Gasteiger partial charge in [0.25, 0.3) is 0 Å². The number of carbonyl (C=O) groups excluding carboxylic acids is 1. The highest BCUT2D eigenvalue weighted by molar-refractivity contribution is 5.76. The molecule has 9 N–H and O–H groups in total. The van der Waals surface area contributed by atoms with Gasteiger partial charge in [0.2, 0.25) is 5.91 Å². The maximum atomic E-state index is 13.3. The summed E-state index contributed by atoms with van der Waals surface area (Å²) in [4.78, 5) is 13.3. The van der Waals surface area contributed by atoms with Crippen LogP contribution in [0.1, 0.15) is 296 Å².